The molecule has 0 aliphatic carbocycles. The van der Waals surface area contributed by atoms with Crippen LogP contribution >= 0.6 is 0 Å². The molecule has 0 spiro atoms. The van der Waals surface area contributed by atoms with Gasteiger partial charge in [0.05, 0.1) is 12.7 Å². The molecule has 0 amide bonds. The van der Waals surface area contributed by atoms with E-state index in [1.165, 1.54) is 0 Å². The van der Waals surface area contributed by atoms with Crippen LogP contribution in [0.2, 0.25) is 0 Å². The molecular weight excluding hydrogens is 182 g/mol. The molecule has 0 bridgehead atoms. The molecule has 1 aliphatic heterocycles. The quantitative estimate of drug-likeness (QED) is 0.680. The van der Waals surface area contributed by atoms with Gasteiger partial charge in [0.1, 0.15) is 6.79 Å². The predicted molar refractivity (Wildman–Crippen MR) is 54.1 cm³/mol. The molecule has 0 radical (unpaired) electrons. The van der Waals surface area contributed by atoms with Crippen LogP contribution in [0.5, 0.6) is 0 Å². The molecular formula is C10H21NO3. The fourth-order valence-electron chi connectivity index (χ4n) is 1.61. The van der Waals surface area contributed by atoms with Crippen molar-refractivity contribution in [3.8, 4) is 0 Å². The maximum Gasteiger partial charge on any atom is 0.147 e. The smallest absolute Gasteiger partial charge is 0.147 e. The van der Waals surface area contributed by atoms with E-state index >= 15 is 0 Å². The number of rotatable bonds is 6. The van der Waals surface area contributed by atoms with E-state index in [4.69, 9.17) is 14.6 Å². The van der Waals surface area contributed by atoms with Crippen molar-refractivity contribution in [3.05, 3.63) is 0 Å². The normalized spacial score (nSPS) is 22.9. The summed E-state index contributed by atoms with van der Waals surface area (Å²) in [6.45, 7) is 6.57. The van der Waals surface area contributed by atoms with E-state index < -0.39 is 0 Å². The van der Waals surface area contributed by atoms with Gasteiger partial charge in [-0.15, -0.1) is 0 Å². The molecule has 1 aliphatic rings. The van der Waals surface area contributed by atoms with E-state index in [-0.39, 0.29) is 6.61 Å². The van der Waals surface area contributed by atoms with Crippen LogP contribution in [0.15, 0.2) is 0 Å². The molecule has 84 valence electrons. The first kappa shape index (κ1) is 11.9. The summed E-state index contributed by atoms with van der Waals surface area (Å²) in [7, 11) is 0. The van der Waals surface area contributed by atoms with Gasteiger partial charge >= 0.3 is 0 Å². The first-order valence-electron chi connectivity index (χ1n) is 5.39. The van der Waals surface area contributed by atoms with Crippen LogP contribution in [0.1, 0.15) is 19.8 Å². The number of aliphatic hydroxyl groups is 1. The summed E-state index contributed by atoms with van der Waals surface area (Å²) >= 11 is 0. The van der Waals surface area contributed by atoms with E-state index in [1.807, 2.05) is 0 Å². The summed E-state index contributed by atoms with van der Waals surface area (Å²) < 4.78 is 10.6. The van der Waals surface area contributed by atoms with Gasteiger partial charge in [0.2, 0.25) is 0 Å². The minimum atomic E-state index is 0.269. The lowest BCUT2D eigenvalue weighted by atomic mass is 10.2. The largest absolute Gasteiger partial charge is 0.396 e. The maximum atomic E-state index is 8.74. The van der Waals surface area contributed by atoms with Crippen LogP contribution in [-0.2, 0) is 9.47 Å². The van der Waals surface area contributed by atoms with Crippen LogP contribution in [0.4, 0.5) is 0 Å². The van der Waals surface area contributed by atoms with Gasteiger partial charge in [0.25, 0.3) is 0 Å². The molecule has 1 fully saturated rings. The average Bonchev–Trinajstić information content (AvgIpc) is 2.25. The van der Waals surface area contributed by atoms with Gasteiger partial charge in [0.15, 0.2) is 0 Å². The maximum absolute atomic E-state index is 8.74. The lowest BCUT2D eigenvalue weighted by Crippen LogP contribution is -2.37. The molecule has 1 unspecified atom stereocenters. The highest BCUT2D eigenvalue weighted by molar-refractivity contribution is 4.66. The summed E-state index contributed by atoms with van der Waals surface area (Å²) in [5.74, 6) is 0. The van der Waals surface area contributed by atoms with Crippen LogP contribution in [-0.4, -0.2) is 55.8 Å². The third-order valence-electron chi connectivity index (χ3n) is 2.51. The van der Waals surface area contributed by atoms with Gasteiger partial charge in [0, 0.05) is 19.7 Å². The van der Waals surface area contributed by atoms with Gasteiger partial charge < -0.3 is 19.5 Å². The van der Waals surface area contributed by atoms with E-state index in [1.54, 1.807) is 0 Å². The van der Waals surface area contributed by atoms with Crippen molar-refractivity contribution in [1.82, 2.24) is 4.90 Å². The van der Waals surface area contributed by atoms with Gasteiger partial charge in [-0.3, -0.25) is 0 Å². The minimum Gasteiger partial charge on any atom is -0.396 e. The fraction of sp³-hybridized carbons (Fsp3) is 1.00. The topological polar surface area (TPSA) is 41.9 Å². The zero-order valence-corrected chi connectivity index (χ0v) is 8.95. The number of hydrogen-bond acceptors (Lipinski definition) is 4. The Labute approximate surface area is 85.8 Å². The Balaban J connectivity index is 2.16. The Kier molecular flexibility index (Phi) is 6.10. The van der Waals surface area contributed by atoms with Crippen LogP contribution in [0, 0.1) is 0 Å². The first-order chi connectivity index (χ1) is 6.86. The van der Waals surface area contributed by atoms with Gasteiger partial charge in [-0.1, -0.05) is 6.92 Å². The number of likely N-dealkylation sites (N-methyl/N-ethyl adjacent to an activating group) is 1. The summed E-state index contributed by atoms with van der Waals surface area (Å²) in [5.41, 5.74) is 0. The van der Waals surface area contributed by atoms with Crippen molar-refractivity contribution in [3.63, 3.8) is 0 Å². The summed E-state index contributed by atoms with van der Waals surface area (Å²) in [5, 5.41) is 8.74. The van der Waals surface area contributed by atoms with E-state index in [9.17, 15) is 0 Å². The number of ether oxygens (including phenoxy) is 2. The second-order valence-electron chi connectivity index (χ2n) is 3.57. The first-order valence-corrected chi connectivity index (χ1v) is 5.39. The molecule has 4 nitrogen and oxygen atoms in total. The van der Waals surface area contributed by atoms with Crippen molar-refractivity contribution in [2.75, 3.05) is 39.6 Å². The van der Waals surface area contributed by atoms with E-state index in [2.05, 4.69) is 11.8 Å². The highest BCUT2D eigenvalue weighted by atomic mass is 16.7. The van der Waals surface area contributed by atoms with Gasteiger partial charge in [-0.25, -0.2) is 0 Å². The number of aliphatic hydroxyl groups excluding tert-OH is 1. The molecule has 1 N–H and O–H groups in total. The third kappa shape index (κ3) is 4.37. The second kappa shape index (κ2) is 7.17. The Morgan fingerprint density at radius 3 is 2.93 bits per heavy atom. The molecule has 0 saturated carbocycles. The van der Waals surface area contributed by atoms with Crippen LogP contribution < -0.4 is 0 Å². The van der Waals surface area contributed by atoms with Crippen LogP contribution in [0.3, 0.4) is 0 Å². The van der Waals surface area contributed by atoms with E-state index in [0.717, 1.165) is 39.1 Å². The lowest BCUT2D eigenvalue weighted by Gasteiger charge is -2.28. The molecule has 0 aromatic rings. The molecule has 0 aromatic carbocycles. The molecule has 0 aromatic heterocycles. The zero-order valence-electron chi connectivity index (χ0n) is 8.95. The summed E-state index contributed by atoms with van der Waals surface area (Å²) in [6.07, 6.45) is 2.13. The van der Waals surface area contributed by atoms with Crippen molar-refractivity contribution in [2.24, 2.45) is 0 Å². The van der Waals surface area contributed by atoms with Crippen LogP contribution in [0.25, 0.3) is 0 Å². The van der Waals surface area contributed by atoms with Crippen molar-refractivity contribution < 1.29 is 14.6 Å². The fourth-order valence-corrected chi connectivity index (χ4v) is 1.61. The Hall–Kier alpha value is -0.160. The molecule has 1 atom stereocenters. The number of hydrogen-bond donors (Lipinski definition) is 1. The van der Waals surface area contributed by atoms with Crippen molar-refractivity contribution in [2.45, 2.75) is 25.9 Å². The number of nitrogens with zero attached hydrogens (tertiary/aromatic N) is 1. The highest BCUT2D eigenvalue weighted by Gasteiger charge is 2.16. The van der Waals surface area contributed by atoms with Gasteiger partial charge in [-0.2, -0.15) is 0 Å². The third-order valence-corrected chi connectivity index (χ3v) is 2.51. The Morgan fingerprint density at radius 2 is 2.36 bits per heavy atom. The average molecular weight is 203 g/mol. The predicted octanol–water partition coefficient (Wildman–Crippen LogP) is 0.454. The highest BCUT2D eigenvalue weighted by Crippen LogP contribution is 2.08. The molecule has 1 rings (SSSR count). The lowest BCUT2D eigenvalue weighted by molar-refractivity contribution is -0.144. The SMILES string of the molecule is CCN(CCCO)CC1CCOCO1. The minimum absolute atomic E-state index is 0.269. The van der Waals surface area contributed by atoms with Crippen molar-refractivity contribution >= 4 is 0 Å². The van der Waals surface area contributed by atoms with Gasteiger partial charge in [-0.05, 0) is 19.4 Å². The molecule has 1 heterocycles. The monoisotopic (exact) mass is 203 g/mol. The Bertz CT molecular complexity index is 137. The molecule has 14 heavy (non-hydrogen) atoms. The second-order valence-corrected chi connectivity index (χ2v) is 3.57. The summed E-state index contributed by atoms with van der Waals surface area (Å²) in [4.78, 5) is 2.31. The molecule has 4 heteroatoms. The summed E-state index contributed by atoms with van der Waals surface area (Å²) in [6, 6.07) is 0. The Morgan fingerprint density at radius 1 is 1.50 bits per heavy atom. The zero-order chi connectivity index (χ0) is 10.2. The standard InChI is InChI=1S/C10H21NO3/c1-2-11(5-3-6-12)8-10-4-7-13-9-14-10/h10,12H,2-9H2,1H3. The van der Waals surface area contributed by atoms with Crippen molar-refractivity contribution in [1.29, 1.82) is 0 Å². The molecule has 1 saturated heterocycles. The van der Waals surface area contributed by atoms with E-state index in [0.29, 0.717) is 12.9 Å².